The molecular weight excluding hydrogens is 364 g/mol. The highest BCUT2D eigenvalue weighted by Gasteiger charge is 2.55. The van der Waals surface area contributed by atoms with Crippen molar-refractivity contribution < 1.29 is 4.79 Å². The number of imidazole rings is 1. The first-order valence-electron chi connectivity index (χ1n) is 10.1. The monoisotopic (exact) mass is 388 g/mol. The number of amides is 1. The number of nitrogens with zero attached hydrogens (tertiary/aromatic N) is 6. The van der Waals surface area contributed by atoms with E-state index in [9.17, 15) is 4.79 Å². The Bertz CT molecular complexity index is 1070. The molecule has 1 amide bonds. The van der Waals surface area contributed by atoms with Gasteiger partial charge in [-0.2, -0.15) is 4.98 Å². The zero-order chi connectivity index (χ0) is 20.2. The maximum absolute atomic E-state index is 13.2. The van der Waals surface area contributed by atoms with Crippen molar-refractivity contribution in [3.63, 3.8) is 0 Å². The molecule has 1 spiro atoms. The van der Waals surface area contributed by atoms with Crippen LogP contribution in [0.15, 0.2) is 48.9 Å². The van der Waals surface area contributed by atoms with Crippen LogP contribution in [0.2, 0.25) is 0 Å². The topological polar surface area (TPSA) is 67.2 Å². The highest BCUT2D eigenvalue weighted by Crippen LogP contribution is 2.49. The highest BCUT2D eigenvalue weighted by atomic mass is 16.2. The maximum Gasteiger partial charge on any atom is 0.252 e. The van der Waals surface area contributed by atoms with Gasteiger partial charge in [0.2, 0.25) is 5.95 Å². The van der Waals surface area contributed by atoms with Gasteiger partial charge in [-0.15, -0.1) is 0 Å². The zero-order valence-corrected chi connectivity index (χ0v) is 16.9. The van der Waals surface area contributed by atoms with Gasteiger partial charge in [-0.3, -0.25) is 9.36 Å². The average Bonchev–Trinajstić information content (AvgIpc) is 3.19. The predicted molar refractivity (Wildman–Crippen MR) is 112 cm³/mol. The maximum atomic E-state index is 13.2. The van der Waals surface area contributed by atoms with Gasteiger partial charge >= 0.3 is 0 Å². The first kappa shape index (κ1) is 17.8. The van der Waals surface area contributed by atoms with Crippen LogP contribution in [0.1, 0.15) is 33.1 Å². The molecule has 7 heteroatoms. The lowest BCUT2D eigenvalue weighted by molar-refractivity contribution is -0.127. The summed E-state index contributed by atoms with van der Waals surface area (Å²) in [6.07, 6.45) is 8.19. The number of fused-ring (bicyclic) bond motifs is 1. The van der Waals surface area contributed by atoms with E-state index < -0.39 is 5.54 Å². The number of hydrogen-bond acceptors (Lipinski definition) is 5. The van der Waals surface area contributed by atoms with Crippen LogP contribution in [0.25, 0.3) is 17.3 Å². The van der Waals surface area contributed by atoms with E-state index in [0.717, 1.165) is 42.2 Å². The van der Waals surface area contributed by atoms with Crippen LogP contribution in [0.4, 0.5) is 11.5 Å². The van der Waals surface area contributed by atoms with Crippen LogP contribution in [0.5, 0.6) is 0 Å². The highest BCUT2D eigenvalue weighted by molar-refractivity contribution is 6.08. The summed E-state index contributed by atoms with van der Waals surface area (Å²) in [6.45, 7) is 4.24. The van der Waals surface area contributed by atoms with E-state index in [1.807, 2.05) is 48.1 Å². The van der Waals surface area contributed by atoms with Crippen LogP contribution in [0.3, 0.4) is 0 Å². The molecule has 0 radical (unpaired) electrons. The van der Waals surface area contributed by atoms with Gasteiger partial charge in [0.05, 0.1) is 6.20 Å². The second kappa shape index (κ2) is 6.40. The van der Waals surface area contributed by atoms with Crippen molar-refractivity contribution in [1.82, 2.24) is 19.5 Å². The third-order valence-electron chi connectivity index (χ3n) is 6.08. The fourth-order valence-corrected chi connectivity index (χ4v) is 4.59. The molecule has 1 saturated carbocycles. The molecule has 1 aliphatic carbocycles. The summed E-state index contributed by atoms with van der Waals surface area (Å²) in [7, 11) is 1.83. The standard InChI is InChI=1S/C22H24N6O/c1-15(2)28-19-17(26(3)20(29)22(28)10-7-11-22)14-24-21(25-19)27-13-12-23-18(27)16-8-5-4-6-9-16/h4-6,8-9,12-15H,7,10-11H2,1-3H3. The van der Waals surface area contributed by atoms with Crippen LogP contribution < -0.4 is 9.80 Å². The molecule has 1 fully saturated rings. The van der Waals surface area contributed by atoms with Crippen LogP contribution in [-0.4, -0.2) is 44.1 Å². The number of carbonyl (C=O) groups is 1. The molecule has 3 heterocycles. The Hall–Kier alpha value is -3.22. The summed E-state index contributed by atoms with van der Waals surface area (Å²) in [4.78, 5) is 31.2. The van der Waals surface area contributed by atoms with Gasteiger partial charge in [0.25, 0.3) is 5.91 Å². The Kier molecular flexibility index (Phi) is 3.94. The van der Waals surface area contributed by atoms with E-state index in [0.29, 0.717) is 5.95 Å². The van der Waals surface area contributed by atoms with Crippen LogP contribution in [0, 0.1) is 0 Å². The van der Waals surface area contributed by atoms with Crippen LogP contribution in [-0.2, 0) is 4.79 Å². The third kappa shape index (κ3) is 2.50. The summed E-state index contributed by atoms with van der Waals surface area (Å²) in [5.74, 6) is 2.32. The second-order valence-corrected chi connectivity index (χ2v) is 8.08. The molecule has 1 aliphatic heterocycles. The summed E-state index contributed by atoms with van der Waals surface area (Å²) >= 11 is 0. The Balaban J connectivity index is 1.66. The average molecular weight is 388 g/mol. The lowest BCUT2D eigenvalue weighted by atomic mass is 9.72. The van der Waals surface area contributed by atoms with Crippen molar-refractivity contribution in [2.45, 2.75) is 44.7 Å². The van der Waals surface area contributed by atoms with E-state index >= 15 is 0 Å². The minimum atomic E-state index is -0.473. The van der Waals surface area contributed by atoms with Gasteiger partial charge in [-0.1, -0.05) is 30.3 Å². The Morgan fingerprint density at radius 1 is 1.10 bits per heavy atom. The number of anilines is 2. The van der Waals surface area contributed by atoms with Gasteiger partial charge in [0, 0.05) is 31.0 Å². The third-order valence-corrected chi connectivity index (χ3v) is 6.08. The van der Waals surface area contributed by atoms with E-state index in [4.69, 9.17) is 4.98 Å². The molecule has 0 N–H and O–H groups in total. The van der Waals surface area contributed by atoms with E-state index in [2.05, 4.69) is 28.7 Å². The molecule has 2 aliphatic rings. The molecule has 148 valence electrons. The number of aromatic nitrogens is 4. The molecule has 0 saturated heterocycles. The number of likely N-dealkylation sites (N-methyl/N-ethyl adjacent to an activating group) is 1. The molecule has 0 atom stereocenters. The molecule has 0 bridgehead atoms. The molecule has 0 unspecified atom stereocenters. The summed E-state index contributed by atoms with van der Waals surface area (Å²) in [5.41, 5.74) is 1.28. The van der Waals surface area contributed by atoms with Gasteiger partial charge in [-0.05, 0) is 33.1 Å². The van der Waals surface area contributed by atoms with E-state index in [1.54, 1.807) is 17.3 Å². The Morgan fingerprint density at radius 2 is 1.86 bits per heavy atom. The lowest BCUT2D eigenvalue weighted by Gasteiger charge is -2.55. The second-order valence-electron chi connectivity index (χ2n) is 8.08. The number of carbonyl (C=O) groups excluding carboxylic acids is 1. The normalized spacial score (nSPS) is 17.6. The number of rotatable bonds is 3. The predicted octanol–water partition coefficient (Wildman–Crippen LogP) is 3.44. The van der Waals surface area contributed by atoms with Gasteiger partial charge in [0.15, 0.2) is 5.82 Å². The van der Waals surface area contributed by atoms with Gasteiger partial charge in [-0.25, -0.2) is 9.97 Å². The zero-order valence-electron chi connectivity index (χ0n) is 16.9. The van der Waals surface area contributed by atoms with Gasteiger partial charge in [0.1, 0.15) is 17.1 Å². The molecule has 2 aromatic heterocycles. The van der Waals surface area contributed by atoms with Crippen LogP contribution >= 0.6 is 0 Å². The summed E-state index contributed by atoms with van der Waals surface area (Å²) in [6, 6.07) is 10.2. The molecule has 7 nitrogen and oxygen atoms in total. The van der Waals surface area contributed by atoms with Crippen molar-refractivity contribution >= 4 is 17.4 Å². The van der Waals surface area contributed by atoms with Crippen molar-refractivity contribution in [2.75, 3.05) is 16.8 Å². The summed E-state index contributed by atoms with van der Waals surface area (Å²) in [5, 5.41) is 0. The first-order chi connectivity index (χ1) is 14.0. The molecular formula is C22H24N6O. The van der Waals surface area contributed by atoms with Crippen molar-refractivity contribution in [2.24, 2.45) is 0 Å². The largest absolute Gasteiger partial charge is 0.338 e. The van der Waals surface area contributed by atoms with Crippen molar-refractivity contribution in [3.8, 4) is 17.3 Å². The summed E-state index contributed by atoms with van der Waals surface area (Å²) < 4.78 is 1.90. The van der Waals surface area contributed by atoms with Crippen molar-refractivity contribution in [1.29, 1.82) is 0 Å². The molecule has 29 heavy (non-hydrogen) atoms. The Labute approximate surface area is 170 Å². The first-order valence-corrected chi connectivity index (χ1v) is 10.1. The minimum absolute atomic E-state index is 0.147. The Morgan fingerprint density at radius 3 is 2.52 bits per heavy atom. The number of hydrogen-bond donors (Lipinski definition) is 0. The fraction of sp³-hybridized carbons (Fsp3) is 0.364. The molecule has 5 rings (SSSR count). The molecule has 1 aromatic carbocycles. The fourth-order valence-electron chi connectivity index (χ4n) is 4.59. The SMILES string of the molecule is CC(C)N1c2nc(-n3ccnc3-c3ccccc3)ncc2N(C)C(=O)C12CCC2. The van der Waals surface area contributed by atoms with Crippen molar-refractivity contribution in [3.05, 3.63) is 48.9 Å². The quantitative estimate of drug-likeness (QED) is 0.688. The minimum Gasteiger partial charge on any atom is -0.338 e. The number of benzene rings is 1. The lowest BCUT2D eigenvalue weighted by Crippen LogP contribution is -2.68. The van der Waals surface area contributed by atoms with E-state index in [-0.39, 0.29) is 11.9 Å². The van der Waals surface area contributed by atoms with Gasteiger partial charge < -0.3 is 9.80 Å². The van der Waals surface area contributed by atoms with E-state index in [1.165, 1.54) is 0 Å². The molecule has 3 aromatic rings. The smallest absolute Gasteiger partial charge is 0.252 e.